The molecular weight excluding hydrogens is 234 g/mol. The van der Waals surface area contributed by atoms with Crippen molar-refractivity contribution in [3.63, 3.8) is 0 Å². The highest BCUT2D eigenvalue weighted by Gasteiger charge is 2.38. The first-order valence-electron chi connectivity index (χ1n) is 8.39. The first-order valence-corrected chi connectivity index (χ1v) is 8.39. The van der Waals surface area contributed by atoms with Crippen LogP contribution in [0.2, 0.25) is 0 Å². The lowest BCUT2D eigenvalue weighted by atomic mass is 9.81. The highest BCUT2D eigenvalue weighted by molar-refractivity contribution is 5.76. The van der Waals surface area contributed by atoms with Gasteiger partial charge in [0.15, 0.2) is 0 Å². The molecule has 2 nitrogen and oxygen atoms in total. The predicted octanol–water partition coefficient (Wildman–Crippen LogP) is 4.18. The van der Waals surface area contributed by atoms with E-state index in [1.807, 2.05) is 0 Å². The molecule has 2 aliphatic rings. The molecule has 0 aromatic rings. The Morgan fingerprint density at radius 1 is 1.21 bits per heavy atom. The van der Waals surface area contributed by atoms with Gasteiger partial charge in [-0.1, -0.05) is 32.6 Å². The standard InChI is InChI=1S/C17H31NO/c1-3-4-12-18-14-17(9-5-6-10-17)11-7-8-16(18)13-15(2)19/h16H,3-14H2,1-2H3. The van der Waals surface area contributed by atoms with Gasteiger partial charge in [0, 0.05) is 19.0 Å². The van der Waals surface area contributed by atoms with Gasteiger partial charge in [0.1, 0.15) is 5.78 Å². The van der Waals surface area contributed by atoms with Crippen molar-refractivity contribution in [2.45, 2.75) is 84.1 Å². The Labute approximate surface area is 118 Å². The Morgan fingerprint density at radius 3 is 2.53 bits per heavy atom. The van der Waals surface area contributed by atoms with Crippen LogP contribution in [0.25, 0.3) is 0 Å². The van der Waals surface area contributed by atoms with Gasteiger partial charge in [-0.2, -0.15) is 0 Å². The molecule has 1 unspecified atom stereocenters. The van der Waals surface area contributed by atoms with Crippen LogP contribution in [0.15, 0.2) is 0 Å². The second-order valence-electron chi connectivity index (χ2n) is 6.98. The second-order valence-corrected chi connectivity index (χ2v) is 6.98. The third-order valence-electron chi connectivity index (χ3n) is 5.29. The van der Waals surface area contributed by atoms with Gasteiger partial charge in [0.25, 0.3) is 0 Å². The van der Waals surface area contributed by atoms with Gasteiger partial charge >= 0.3 is 0 Å². The van der Waals surface area contributed by atoms with Crippen LogP contribution in [0.3, 0.4) is 0 Å². The third-order valence-corrected chi connectivity index (χ3v) is 5.29. The van der Waals surface area contributed by atoms with E-state index in [1.165, 1.54) is 70.9 Å². The Morgan fingerprint density at radius 2 is 1.89 bits per heavy atom. The Kier molecular flexibility index (Phi) is 5.44. The summed E-state index contributed by atoms with van der Waals surface area (Å²) in [5.41, 5.74) is 0.610. The summed E-state index contributed by atoms with van der Waals surface area (Å²) in [4.78, 5) is 14.2. The molecule has 0 radical (unpaired) electrons. The zero-order valence-corrected chi connectivity index (χ0v) is 12.9. The quantitative estimate of drug-likeness (QED) is 0.743. The molecule has 0 amide bonds. The predicted molar refractivity (Wildman–Crippen MR) is 80.3 cm³/mol. The van der Waals surface area contributed by atoms with Gasteiger partial charge in [-0.25, -0.2) is 0 Å². The molecule has 1 aliphatic carbocycles. The molecule has 19 heavy (non-hydrogen) atoms. The third kappa shape index (κ3) is 4.05. The largest absolute Gasteiger partial charge is 0.300 e. The van der Waals surface area contributed by atoms with E-state index in [0.717, 1.165) is 6.42 Å². The summed E-state index contributed by atoms with van der Waals surface area (Å²) in [6.07, 6.45) is 13.0. The average molecular weight is 265 g/mol. The van der Waals surface area contributed by atoms with Gasteiger partial charge in [-0.3, -0.25) is 9.69 Å². The van der Waals surface area contributed by atoms with Crippen LogP contribution in [0.4, 0.5) is 0 Å². The Balaban J connectivity index is 2.04. The minimum atomic E-state index is 0.369. The topological polar surface area (TPSA) is 20.3 Å². The first kappa shape index (κ1) is 15.0. The Bertz CT molecular complexity index is 294. The first-order chi connectivity index (χ1) is 9.15. The van der Waals surface area contributed by atoms with Crippen LogP contribution < -0.4 is 0 Å². The lowest BCUT2D eigenvalue weighted by Crippen LogP contribution is -2.41. The SMILES string of the molecule is CCCCN1CC2(CCCC2)CCCC1CC(C)=O. The van der Waals surface area contributed by atoms with Gasteiger partial charge in [-0.05, 0) is 51.0 Å². The van der Waals surface area contributed by atoms with Crippen LogP contribution >= 0.6 is 0 Å². The average Bonchev–Trinajstić information content (AvgIpc) is 2.74. The van der Waals surface area contributed by atoms with Crippen molar-refractivity contribution in [3.8, 4) is 0 Å². The summed E-state index contributed by atoms with van der Waals surface area (Å²) in [6, 6.07) is 0.532. The summed E-state index contributed by atoms with van der Waals surface area (Å²) in [5.74, 6) is 0.369. The van der Waals surface area contributed by atoms with E-state index in [-0.39, 0.29) is 0 Å². The van der Waals surface area contributed by atoms with E-state index in [9.17, 15) is 4.79 Å². The summed E-state index contributed by atoms with van der Waals surface area (Å²) >= 11 is 0. The molecule has 0 bridgehead atoms. The molecule has 110 valence electrons. The van der Waals surface area contributed by atoms with E-state index in [2.05, 4.69) is 11.8 Å². The molecule has 1 saturated carbocycles. The number of hydrogen-bond donors (Lipinski definition) is 0. The second kappa shape index (κ2) is 6.88. The van der Waals surface area contributed by atoms with Crippen LogP contribution in [0.1, 0.15) is 78.1 Å². The zero-order chi connectivity index (χ0) is 13.7. The van der Waals surface area contributed by atoms with Crippen LogP contribution in [-0.4, -0.2) is 29.8 Å². The molecule has 1 heterocycles. The van der Waals surface area contributed by atoms with E-state index in [4.69, 9.17) is 0 Å². The minimum Gasteiger partial charge on any atom is -0.300 e. The lowest BCUT2D eigenvalue weighted by molar-refractivity contribution is -0.118. The number of hydrogen-bond acceptors (Lipinski definition) is 2. The maximum atomic E-state index is 11.5. The number of carbonyl (C=O) groups is 1. The van der Waals surface area contributed by atoms with E-state index in [0.29, 0.717) is 17.2 Å². The van der Waals surface area contributed by atoms with Gasteiger partial charge in [0.2, 0.25) is 0 Å². The summed E-state index contributed by atoms with van der Waals surface area (Å²) in [7, 11) is 0. The molecule has 1 atom stereocenters. The number of carbonyl (C=O) groups excluding carboxylic acids is 1. The molecular formula is C17H31NO. The van der Waals surface area contributed by atoms with Gasteiger partial charge in [0.05, 0.1) is 0 Å². The van der Waals surface area contributed by atoms with Crippen molar-refractivity contribution in [2.75, 3.05) is 13.1 Å². The van der Waals surface area contributed by atoms with Gasteiger partial charge < -0.3 is 0 Å². The maximum Gasteiger partial charge on any atom is 0.131 e. The van der Waals surface area contributed by atoms with Gasteiger partial charge in [-0.15, -0.1) is 0 Å². The highest BCUT2D eigenvalue weighted by Crippen LogP contribution is 2.45. The fraction of sp³-hybridized carbons (Fsp3) is 0.941. The molecule has 0 N–H and O–H groups in total. The number of nitrogens with zero attached hydrogens (tertiary/aromatic N) is 1. The number of Topliss-reactive ketones (excluding diaryl/α,β-unsaturated/α-hetero) is 1. The van der Waals surface area contributed by atoms with Crippen molar-refractivity contribution in [1.82, 2.24) is 4.90 Å². The molecule has 1 spiro atoms. The van der Waals surface area contributed by atoms with Crippen molar-refractivity contribution in [3.05, 3.63) is 0 Å². The number of rotatable bonds is 5. The van der Waals surface area contributed by atoms with Crippen molar-refractivity contribution in [2.24, 2.45) is 5.41 Å². The summed E-state index contributed by atoms with van der Waals surface area (Å²) in [6.45, 7) is 6.50. The Hall–Kier alpha value is -0.370. The van der Waals surface area contributed by atoms with Crippen molar-refractivity contribution >= 4 is 5.78 Å². The fourth-order valence-corrected chi connectivity index (χ4v) is 4.25. The van der Waals surface area contributed by atoms with Crippen molar-refractivity contribution < 1.29 is 4.79 Å². The molecule has 2 rings (SSSR count). The van der Waals surface area contributed by atoms with Crippen molar-refractivity contribution in [1.29, 1.82) is 0 Å². The fourth-order valence-electron chi connectivity index (χ4n) is 4.25. The molecule has 0 aromatic heterocycles. The van der Waals surface area contributed by atoms with Crippen LogP contribution in [-0.2, 0) is 4.79 Å². The number of likely N-dealkylation sites (tertiary alicyclic amines) is 1. The lowest BCUT2D eigenvalue weighted by Gasteiger charge is -2.36. The van der Waals surface area contributed by atoms with Crippen LogP contribution in [0.5, 0.6) is 0 Å². The number of ketones is 1. The summed E-state index contributed by atoms with van der Waals surface area (Å²) < 4.78 is 0. The highest BCUT2D eigenvalue weighted by atomic mass is 16.1. The molecule has 0 aromatic carbocycles. The van der Waals surface area contributed by atoms with E-state index in [1.54, 1.807) is 6.92 Å². The molecule has 2 heteroatoms. The zero-order valence-electron chi connectivity index (χ0n) is 12.9. The summed E-state index contributed by atoms with van der Waals surface area (Å²) in [5, 5.41) is 0. The smallest absolute Gasteiger partial charge is 0.131 e. The van der Waals surface area contributed by atoms with E-state index < -0.39 is 0 Å². The monoisotopic (exact) mass is 265 g/mol. The number of unbranched alkanes of at least 4 members (excludes halogenated alkanes) is 1. The van der Waals surface area contributed by atoms with E-state index >= 15 is 0 Å². The minimum absolute atomic E-state index is 0.369. The maximum absolute atomic E-state index is 11.5. The van der Waals surface area contributed by atoms with Crippen LogP contribution in [0, 0.1) is 5.41 Å². The molecule has 2 fully saturated rings. The normalized spacial score (nSPS) is 27.6. The molecule has 1 saturated heterocycles. The molecule has 1 aliphatic heterocycles.